The van der Waals surface area contributed by atoms with Crippen LogP contribution in [0, 0.1) is 0 Å². The third-order valence-corrected chi connectivity index (χ3v) is 3.09. The highest BCUT2D eigenvalue weighted by atomic mass is 127. The van der Waals surface area contributed by atoms with Crippen molar-refractivity contribution in [3.63, 3.8) is 0 Å². The van der Waals surface area contributed by atoms with Crippen molar-refractivity contribution < 1.29 is 17.9 Å². The number of aromatic amines is 1. The summed E-state index contributed by atoms with van der Waals surface area (Å²) in [6, 6.07) is 8.24. The number of aromatic nitrogens is 2. The van der Waals surface area contributed by atoms with Crippen LogP contribution in [0.15, 0.2) is 41.5 Å². The zero-order valence-electron chi connectivity index (χ0n) is 14.1. The van der Waals surface area contributed by atoms with Crippen LogP contribution in [0.2, 0.25) is 0 Å². The summed E-state index contributed by atoms with van der Waals surface area (Å²) in [7, 11) is 0. The normalized spacial score (nSPS) is 11.6. The molecule has 0 saturated carbocycles. The van der Waals surface area contributed by atoms with Crippen molar-refractivity contribution in [2.75, 3.05) is 13.2 Å². The monoisotopic (exact) mass is 483 g/mol. The number of ether oxygens (including phenoxy) is 1. The predicted octanol–water partition coefficient (Wildman–Crippen LogP) is 3.22. The summed E-state index contributed by atoms with van der Waals surface area (Å²) in [5.41, 5.74) is 1.79. The first kappa shape index (κ1) is 22.1. The van der Waals surface area contributed by atoms with E-state index >= 15 is 0 Å². The van der Waals surface area contributed by atoms with Crippen LogP contribution in [0.3, 0.4) is 0 Å². The van der Waals surface area contributed by atoms with E-state index in [0.717, 1.165) is 11.3 Å². The fraction of sp³-hybridized carbons (Fsp3) is 0.375. The van der Waals surface area contributed by atoms with Crippen LogP contribution in [0.5, 0.6) is 5.75 Å². The zero-order chi connectivity index (χ0) is 18.1. The molecule has 6 nitrogen and oxygen atoms in total. The minimum atomic E-state index is -4.34. The van der Waals surface area contributed by atoms with Crippen molar-refractivity contribution in [1.29, 1.82) is 0 Å². The van der Waals surface area contributed by atoms with E-state index in [4.69, 9.17) is 0 Å². The molecule has 0 spiro atoms. The number of hydrogen-bond acceptors (Lipinski definition) is 3. The highest BCUT2D eigenvalue weighted by molar-refractivity contribution is 14.0. The Labute approximate surface area is 166 Å². The summed E-state index contributed by atoms with van der Waals surface area (Å²) >= 11 is 0. The first-order valence-electron chi connectivity index (χ1n) is 7.75. The van der Waals surface area contributed by atoms with Crippen LogP contribution in [-0.2, 0) is 13.1 Å². The largest absolute Gasteiger partial charge is 0.484 e. The molecule has 1 aromatic carbocycles. The number of rotatable bonds is 7. The van der Waals surface area contributed by atoms with Gasteiger partial charge >= 0.3 is 6.18 Å². The highest BCUT2D eigenvalue weighted by Crippen LogP contribution is 2.19. The van der Waals surface area contributed by atoms with Crippen molar-refractivity contribution >= 4 is 29.9 Å². The van der Waals surface area contributed by atoms with Crippen molar-refractivity contribution in [1.82, 2.24) is 20.8 Å². The number of alkyl halides is 3. The second kappa shape index (κ2) is 10.9. The highest BCUT2D eigenvalue weighted by Gasteiger charge is 2.28. The molecule has 144 valence electrons. The summed E-state index contributed by atoms with van der Waals surface area (Å²) in [5, 5.41) is 13.0. The molecule has 0 unspecified atom stereocenters. The van der Waals surface area contributed by atoms with Gasteiger partial charge in [0.1, 0.15) is 5.75 Å². The molecular formula is C16H21F3IN5O. The Balaban J connectivity index is 0.00000338. The molecule has 3 N–H and O–H groups in total. The molecule has 0 radical (unpaired) electrons. The molecule has 2 rings (SSSR count). The van der Waals surface area contributed by atoms with Gasteiger partial charge in [0.05, 0.1) is 18.8 Å². The van der Waals surface area contributed by atoms with E-state index in [1.54, 1.807) is 18.3 Å². The molecule has 10 heteroatoms. The lowest BCUT2D eigenvalue weighted by Gasteiger charge is -2.11. The van der Waals surface area contributed by atoms with E-state index in [1.807, 2.05) is 13.0 Å². The molecule has 26 heavy (non-hydrogen) atoms. The minimum Gasteiger partial charge on any atom is -0.484 e. The molecule has 0 bridgehead atoms. The van der Waals surface area contributed by atoms with Gasteiger partial charge in [-0.05, 0) is 30.7 Å². The fourth-order valence-corrected chi connectivity index (χ4v) is 1.93. The van der Waals surface area contributed by atoms with Crippen molar-refractivity contribution in [3.8, 4) is 5.75 Å². The van der Waals surface area contributed by atoms with Crippen LogP contribution >= 0.6 is 24.0 Å². The second-order valence-electron chi connectivity index (χ2n) is 5.18. The third kappa shape index (κ3) is 8.41. The molecule has 0 amide bonds. The van der Waals surface area contributed by atoms with Crippen molar-refractivity contribution in [2.45, 2.75) is 26.2 Å². The number of nitrogens with zero attached hydrogens (tertiary/aromatic N) is 2. The lowest BCUT2D eigenvalue weighted by atomic mass is 10.2. The summed E-state index contributed by atoms with van der Waals surface area (Å²) < 4.78 is 41.0. The van der Waals surface area contributed by atoms with Crippen LogP contribution < -0.4 is 15.4 Å². The molecule has 0 fully saturated rings. The Morgan fingerprint density at radius 2 is 1.92 bits per heavy atom. The van der Waals surface area contributed by atoms with Gasteiger partial charge in [-0.25, -0.2) is 4.99 Å². The fourth-order valence-electron chi connectivity index (χ4n) is 1.93. The summed E-state index contributed by atoms with van der Waals surface area (Å²) in [6.07, 6.45) is -2.67. The Bertz CT molecular complexity index is 660. The smallest absolute Gasteiger partial charge is 0.422 e. The summed E-state index contributed by atoms with van der Waals surface area (Å²) in [5.74, 6) is 0.809. The zero-order valence-corrected chi connectivity index (χ0v) is 16.5. The van der Waals surface area contributed by atoms with Crippen LogP contribution in [0.1, 0.15) is 18.2 Å². The number of hydrogen-bond donors (Lipinski definition) is 3. The first-order chi connectivity index (χ1) is 12.0. The average molecular weight is 483 g/mol. The molecule has 0 saturated heterocycles. The quantitative estimate of drug-likeness (QED) is 0.321. The second-order valence-corrected chi connectivity index (χ2v) is 5.18. The van der Waals surface area contributed by atoms with Gasteiger partial charge in [-0.2, -0.15) is 18.3 Å². The third-order valence-electron chi connectivity index (χ3n) is 3.09. The van der Waals surface area contributed by atoms with Gasteiger partial charge in [0, 0.05) is 12.7 Å². The van der Waals surface area contributed by atoms with E-state index < -0.39 is 12.8 Å². The van der Waals surface area contributed by atoms with Crippen molar-refractivity contribution in [2.24, 2.45) is 4.99 Å². The lowest BCUT2D eigenvalue weighted by molar-refractivity contribution is -0.153. The molecular weight excluding hydrogens is 462 g/mol. The molecule has 0 atom stereocenters. The van der Waals surface area contributed by atoms with E-state index in [9.17, 15) is 13.2 Å². The number of halogens is 4. The van der Waals surface area contributed by atoms with Gasteiger partial charge in [-0.1, -0.05) is 12.1 Å². The predicted molar refractivity (Wildman–Crippen MR) is 104 cm³/mol. The van der Waals surface area contributed by atoms with Crippen molar-refractivity contribution in [3.05, 3.63) is 47.8 Å². The van der Waals surface area contributed by atoms with Gasteiger partial charge in [0.15, 0.2) is 12.6 Å². The topological polar surface area (TPSA) is 74.3 Å². The van der Waals surface area contributed by atoms with Crippen LogP contribution in [-0.4, -0.2) is 35.5 Å². The Morgan fingerprint density at radius 3 is 2.50 bits per heavy atom. The molecule has 0 aliphatic heterocycles. The van der Waals surface area contributed by atoms with Gasteiger partial charge < -0.3 is 15.4 Å². The number of nitrogens with one attached hydrogen (secondary N) is 3. The maximum absolute atomic E-state index is 12.1. The molecule has 0 aliphatic carbocycles. The van der Waals surface area contributed by atoms with Gasteiger partial charge in [0.25, 0.3) is 0 Å². The summed E-state index contributed by atoms with van der Waals surface area (Å²) in [6.45, 7) is 2.31. The first-order valence-corrected chi connectivity index (χ1v) is 7.75. The van der Waals surface area contributed by atoms with E-state index in [2.05, 4.69) is 30.6 Å². The van der Waals surface area contributed by atoms with Crippen LogP contribution in [0.25, 0.3) is 0 Å². The summed E-state index contributed by atoms with van der Waals surface area (Å²) in [4.78, 5) is 4.44. The van der Waals surface area contributed by atoms with Gasteiger partial charge in [-0.15, -0.1) is 24.0 Å². The van der Waals surface area contributed by atoms with E-state index in [0.29, 0.717) is 25.6 Å². The van der Waals surface area contributed by atoms with E-state index in [-0.39, 0.29) is 29.7 Å². The number of H-pyrrole nitrogens is 1. The lowest BCUT2D eigenvalue weighted by Crippen LogP contribution is -2.36. The van der Waals surface area contributed by atoms with Gasteiger partial charge in [0.2, 0.25) is 0 Å². The molecule has 1 heterocycles. The SMILES string of the molecule is CCNC(=NCc1ccc(OCC(F)(F)F)cc1)NCc1ccn[nH]1.I. The Kier molecular flexibility index (Phi) is 9.24. The maximum atomic E-state index is 12.1. The maximum Gasteiger partial charge on any atom is 0.422 e. The number of guanidine groups is 1. The molecule has 0 aliphatic rings. The standard InChI is InChI=1S/C16H20F3N5O.HI/c1-2-20-15(22-10-13-7-8-23-24-13)21-9-12-3-5-14(6-4-12)25-11-16(17,18)19;/h3-8H,2,9-11H2,1H3,(H,23,24)(H2,20,21,22);1H. The molecule has 2 aromatic rings. The Morgan fingerprint density at radius 1 is 1.19 bits per heavy atom. The number of aliphatic imine (C=N–C) groups is 1. The minimum absolute atomic E-state index is 0. The van der Waals surface area contributed by atoms with Crippen LogP contribution in [0.4, 0.5) is 13.2 Å². The van der Waals surface area contributed by atoms with E-state index in [1.165, 1.54) is 12.1 Å². The molecule has 1 aromatic heterocycles. The average Bonchev–Trinajstić information content (AvgIpc) is 3.09. The van der Waals surface area contributed by atoms with Gasteiger partial charge in [-0.3, -0.25) is 5.10 Å². The Hall–Kier alpha value is -1.98. The number of benzene rings is 1.